The molecule has 1 saturated heterocycles. The number of nitrogen functional groups attached to an aromatic ring is 1. The molecule has 0 atom stereocenters. The number of morpholine rings is 1. The molecule has 5 rings (SSSR count). The van der Waals surface area contributed by atoms with Crippen molar-refractivity contribution in [3.63, 3.8) is 0 Å². The molecule has 34 heavy (non-hydrogen) atoms. The molecule has 1 aliphatic heterocycles. The van der Waals surface area contributed by atoms with Crippen LogP contribution in [0.1, 0.15) is 10.4 Å². The molecule has 4 aromatic rings. The van der Waals surface area contributed by atoms with Crippen molar-refractivity contribution in [2.75, 3.05) is 43.9 Å². The molecule has 174 valence electrons. The molecule has 0 unspecified atom stereocenters. The summed E-state index contributed by atoms with van der Waals surface area (Å²) in [5.41, 5.74) is 10.5. The van der Waals surface area contributed by atoms with Gasteiger partial charge in [0.05, 0.1) is 37.3 Å². The van der Waals surface area contributed by atoms with Gasteiger partial charge in [0.15, 0.2) is 0 Å². The number of ether oxygens (including phenoxy) is 1. The number of aromatic nitrogens is 3. The SMILES string of the molecule is Nc1ccc(-c2cccs2)cc1NC(=O)c1ccc(-c2cn(CCN3CCOCC3)nn2)cc1. The second-order valence-corrected chi connectivity index (χ2v) is 9.08. The van der Waals surface area contributed by atoms with E-state index in [1.54, 1.807) is 23.5 Å². The standard InChI is InChI=1S/C25H26N6O2S/c26-21-8-7-20(24-2-1-15-34-24)16-22(21)27-25(32)19-5-3-18(4-6-19)23-17-31(29-28-23)10-9-30-11-13-33-14-12-30/h1-8,15-17H,9-14,26H2,(H,27,32). The molecule has 2 aromatic heterocycles. The second-order valence-electron chi connectivity index (χ2n) is 8.13. The third-order valence-electron chi connectivity index (χ3n) is 5.84. The first-order valence-corrected chi connectivity index (χ1v) is 12.1. The fraction of sp³-hybridized carbons (Fsp3) is 0.240. The van der Waals surface area contributed by atoms with Crippen LogP contribution in [0.4, 0.5) is 11.4 Å². The lowest BCUT2D eigenvalue weighted by molar-refractivity contribution is 0.0359. The molecule has 0 radical (unpaired) electrons. The van der Waals surface area contributed by atoms with Gasteiger partial charge >= 0.3 is 0 Å². The van der Waals surface area contributed by atoms with Crippen LogP contribution in [-0.4, -0.2) is 58.6 Å². The van der Waals surface area contributed by atoms with Crippen LogP contribution in [0.15, 0.2) is 66.2 Å². The zero-order valence-corrected chi connectivity index (χ0v) is 19.5. The molecule has 3 N–H and O–H groups in total. The number of nitrogens with one attached hydrogen (secondary N) is 1. The molecule has 0 saturated carbocycles. The van der Waals surface area contributed by atoms with Crippen LogP contribution in [0.25, 0.3) is 21.7 Å². The maximum absolute atomic E-state index is 12.8. The number of amides is 1. The fourth-order valence-electron chi connectivity index (χ4n) is 3.86. The number of hydrogen-bond donors (Lipinski definition) is 2. The number of carbonyl (C=O) groups is 1. The van der Waals surface area contributed by atoms with E-state index >= 15 is 0 Å². The van der Waals surface area contributed by atoms with Gasteiger partial charge < -0.3 is 15.8 Å². The van der Waals surface area contributed by atoms with E-state index in [1.165, 1.54) is 0 Å². The maximum Gasteiger partial charge on any atom is 0.255 e. The van der Waals surface area contributed by atoms with E-state index in [0.717, 1.165) is 61.1 Å². The van der Waals surface area contributed by atoms with Gasteiger partial charge in [-0.3, -0.25) is 14.4 Å². The number of carbonyl (C=O) groups excluding carboxylic acids is 1. The van der Waals surface area contributed by atoms with Crippen molar-refractivity contribution in [3.05, 3.63) is 71.7 Å². The van der Waals surface area contributed by atoms with Gasteiger partial charge in [-0.1, -0.05) is 29.5 Å². The highest BCUT2D eigenvalue weighted by atomic mass is 32.1. The second kappa shape index (κ2) is 10.2. The first kappa shape index (κ1) is 22.3. The van der Waals surface area contributed by atoms with Gasteiger partial charge in [0, 0.05) is 35.6 Å². The van der Waals surface area contributed by atoms with Crippen molar-refractivity contribution in [1.82, 2.24) is 19.9 Å². The van der Waals surface area contributed by atoms with Crippen molar-refractivity contribution in [3.8, 4) is 21.7 Å². The van der Waals surface area contributed by atoms with E-state index in [1.807, 2.05) is 58.7 Å². The highest BCUT2D eigenvalue weighted by Crippen LogP contribution is 2.30. The molecule has 1 amide bonds. The number of hydrogen-bond acceptors (Lipinski definition) is 7. The zero-order valence-electron chi connectivity index (χ0n) is 18.7. The maximum atomic E-state index is 12.8. The van der Waals surface area contributed by atoms with Gasteiger partial charge in [0.1, 0.15) is 5.69 Å². The predicted octanol–water partition coefficient (Wildman–Crippen LogP) is 3.84. The summed E-state index contributed by atoms with van der Waals surface area (Å²) < 4.78 is 7.24. The Kier molecular flexibility index (Phi) is 6.66. The number of anilines is 2. The fourth-order valence-corrected chi connectivity index (χ4v) is 4.58. The minimum atomic E-state index is -0.212. The molecule has 2 aromatic carbocycles. The van der Waals surface area contributed by atoms with E-state index in [4.69, 9.17) is 10.5 Å². The van der Waals surface area contributed by atoms with E-state index in [0.29, 0.717) is 16.9 Å². The summed E-state index contributed by atoms with van der Waals surface area (Å²) in [6.45, 7) is 5.18. The summed E-state index contributed by atoms with van der Waals surface area (Å²) in [4.78, 5) is 16.3. The molecular formula is C25H26N6O2S. The third-order valence-corrected chi connectivity index (χ3v) is 6.76. The Balaban J connectivity index is 1.23. The molecule has 3 heterocycles. The first-order chi connectivity index (χ1) is 16.7. The van der Waals surface area contributed by atoms with E-state index in [9.17, 15) is 4.79 Å². The Morgan fingerprint density at radius 2 is 1.85 bits per heavy atom. The van der Waals surface area contributed by atoms with Crippen molar-refractivity contribution in [1.29, 1.82) is 0 Å². The number of rotatable bonds is 7. The van der Waals surface area contributed by atoms with Crippen LogP contribution in [0.5, 0.6) is 0 Å². The molecule has 8 nitrogen and oxygen atoms in total. The monoisotopic (exact) mass is 474 g/mol. The van der Waals surface area contributed by atoms with Crippen LogP contribution in [0.2, 0.25) is 0 Å². The third kappa shape index (κ3) is 5.17. The van der Waals surface area contributed by atoms with Crippen LogP contribution in [0, 0.1) is 0 Å². The number of benzene rings is 2. The molecule has 0 bridgehead atoms. The van der Waals surface area contributed by atoms with Crippen molar-refractivity contribution in [2.24, 2.45) is 0 Å². The number of thiophene rings is 1. The Morgan fingerprint density at radius 3 is 2.62 bits per heavy atom. The Hall–Kier alpha value is -3.53. The van der Waals surface area contributed by atoms with Gasteiger partial charge in [0.25, 0.3) is 5.91 Å². The highest BCUT2D eigenvalue weighted by molar-refractivity contribution is 7.13. The topological polar surface area (TPSA) is 98.3 Å². The van der Waals surface area contributed by atoms with Crippen LogP contribution in [0.3, 0.4) is 0 Å². The molecule has 0 spiro atoms. The summed E-state index contributed by atoms with van der Waals surface area (Å²) in [5, 5.41) is 13.5. The van der Waals surface area contributed by atoms with Gasteiger partial charge in [-0.25, -0.2) is 0 Å². The lowest BCUT2D eigenvalue weighted by atomic mass is 10.1. The summed E-state index contributed by atoms with van der Waals surface area (Å²) in [6, 6.07) is 17.1. The summed E-state index contributed by atoms with van der Waals surface area (Å²) >= 11 is 1.64. The van der Waals surface area contributed by atoms with Crippen molar-refractivity contribution >= 4 is 28.6 Å². The van der Waals surface area contributed by atoms with E-state index < -0.39 is 0 Å². The smallest absolute Gasteiger partial charge is 0.255 e. The summed E-state index contributed by atoms with van der Waals surface area (Å²) in [6.07, 6.45) is 1.94. The lowest BCUT2D eigenvalue weighted by Crippen LogP contribution is -2.38. The molecule has 1 fully saturated rings. The largest absolute Gasteiger partial charge is 0.397 e. The average Bonchev–Trinajstić information content (AvgIpc) is 3.58. The van der Waals surface area contributed by atoms with E-state index in [-0.39, 0.29) is 5.91 Å². The Bertz CT molecular complexity index is 1250. The minimum Gasteiger partial charge on any atom is -0.397 e. The van der Waals surface area contributed by atoms with Gasteiger partial charge in [0.2, 0.25) is 0 Å². The summed E-state index contributed by atoms with van der Waals surface area (Å²) in [7, 11) is 0. The summed E-state index contributed by atoms with van der Waals surface area (Å²) in [5.74, 6) is -0.212. The van der Waals surface area contributed by atoms with Gasteiger partial charge in [-0.2, -0.15) is 0 Å². The van der Waals surface area contributed by atoms with E-state index in [2.05, 4.69) is 20.5 Å². The Morgan fingerprint density at radius 1 is 1.06 bits per heavy atom. The van der Waals surface area contributed by atoms with Gasteiger partial charge in [-0.05, 0) is 41.3 Å². The first-order valence-electron chi connectivity index (χ1n) is 11.2. The van der Waals surface area contributed by atoms with Crippen LogP contribution >= 0.6 is 11.3 Å². The lowest BCUT2D eigenvalue weighted by Gasteiger charge is -2.26. The number of nitrogens with zero attached hydrogens (tertiary/aromatic N) is 4. The van der Waals surface area contributed by atoms with Crippen LogP contribution < -0.4 is 11.1 Å². The number of nitrogens with two attached hydrogens (primary N) is 1. The molecule has 0 aliphatic carbocycles. The average molecular weight is 475 g/mol. The van der Waals surface area contributed by atoms with Crippen molar-refractivity contribution in [2.45, 2.75) is 6.54 Å². The normalized spacial score (nSPS) is 14.2. The highest BCUT2D eigenvalue weighted by Gasteiger charge is 2.13. The molecule has 1 aliphatic rings. The zero-order chi connectivity index (χ0) is 23.3. The quantitative estimate of drug-likeness (QED) is 0.395. The molecule has 9 heteroatoms. The van der Waals surface area contributed by atoms with Crippen molar-refractivity contribution < 1.29 is 9.53 Å². The van der Waals surface area contributed by atoms with Gasteiger partial charge in [-0.15, -0.1) is 16.4 Å². The minimum absolute atomic E-state index is 0.212. The molecular weight excluding hydrogens is 448 g/mol. The van der Waals surface area contributed by atoms with Crippen LogP contribution in [-0.2, 0) is 11.3 Å². The predicted molar refractivity (Wildman–Crippen MR) is 135 cm³/mol. The Labute approximate surface area is 202 Å².